The molecule has 0 radical (unpaired) electrons. The lowest BCUT2D eigenvalue weighted by Crippen LogP contribution is -2.23. The predicted molar refractivity (Wildman–Crippen MR) is 108 cm³/mol. The number of oxazole rings is 1. The summed E-state index contributed by atoms with van der Waals surface area (Å²) >= 11 is 0. The number of rotatable bonds is 6. The predicted octanol–water partition coefficient (Wildman–Crippen LogP) is 4.06. The van der Waals surface area contributed by atoms with Crippen LogP contribution in [-0.4, -0.2) is 23.4 Å². The third-order valence-corrected chi connectivity index (χ3v) is 4.95. The number of anilines is 1. The normalized spacial score (nSPS) is 13.7. The second-order valence-corrected chi connectivity index (χ2v) is 7.04. The second kappa shape index (κ2) is 8.31. The quantitative estimate of drug-likeness (QED) is 0.594. The number of benzene rings is 2. The molecule has 0 aliphatic carbocycles. The highest BCUT2D eigenvalue weighted by Gasteiger charge is 2.21. The number of aryl methyl sites for hydroxylation is 1. The molecule has 0 spiro atoms. The van der Waals surface area contributed by atoms with E-state index in [0.717, 1.165) is 29.8 Å². The monoisotopic (exact) mass is 390 g/mol. The number of ether oxygens (including phenoxy) is 1. The molecule has 0 bridgehead atoms. The van der Waals surface area contributed by atoms with Gasteiger partial charge in [-0.05, 0) is 43.2 Å². The molecule has 1 fully saturated rings. The lowest BCUT2D eigenvalue weighted by molar-refractivity contribution is -0.144. The van der Waals surface area contributed by atoms with Crippen molar-refractivity contribution in [1.82, 2.24) is 4.98 Å². The van der Waals surface area contributed by atoms with Crippen LogP contribution in [-0.2, 0) is 27.4 Å². The van der Waals surface area contributed by atoms with Crippen molar-refractivity contribution in [3.05, 3.63) is 71.6 Å². The SMILES string of the molecule is Cc1oc(-c2ccccc2)nc1COC(=O)Cc1ccc(N2CCCC2=O)cc1. The first-order valence-corrected chi connectivity index (χ1v) is 9.67. The van der Waals surface area contributed by atoms with Crippen molar-refractivity contribution in [1.29, 1.82) is 0 Å². The van der Waals surface area contributed by atoms with Crippen LogP contribution in [0.25, 0.3) is 11.5 Å². The fraction of sp³-hybridized carbons (Fsp3) is 0.261. The molecule has 1 amide bonds. The van der Waals surface area contributed by atoms with Gasteiger partial charge in [0.15, 0.2) is 0 Å². The first kappa shape index (κ1) is 18.9. The van der Waals surface area contributed by atoms with Gasteiger partial charge >= 0.3 is 5.97 Å². The maximum Gasteiger partial charge on any atom is 0.310 e. The van der Waals surface area contributed by atoms with Gasteiger partial charge in [-0.3, -0.25) is 9.59 Å². The molecule has 2 heterocycles. The Morgan fingerprint density at radius 3 is 2.59 bits per heavy atom. The van der Waals surface area contributed by atoms with E-state index in [-0.39, 0.29) is 24.9 Å². The smallest absolute Gasteiger partial charge is 0.310 e. The molecule has 29 heavy (non-hydrogen) atoms. The van der Waals surface area contributed by atoms with Crippen LogP contribution in [0.2, 0.25) is 0 Å². The summed E-state index contributed by atoms with van der Waals surface area (Å²) in [5.74, 6) is 0.964. The summed E-state index contributed by atoms with van der Waals surface area (Å²) in [6.07, 6.45) is 1.65. The Morgan fingerprint density at radius 2 is 1.90 bits per heavy atom. The number of carbonyl (C=O) groups excluding carboxylic acids is 2. The molecule has 2 aromatic carbocycles. The van der Waals surface area contributed by atoms with E-state index < -0.39 is 0 Å². The zero-order valence-corrected chi connectivity index (χ0v) is 16.3. The van der Waals surface area contributed by atoms with E-state index in [0.29, 0.717) is 23.8 Å². The minimum atomic E-state index is -0.335. The first-order valence-electron chi connectivity index (χ1n) is 9.67. The van der Waals surface area contributed by atoms with Gasteiger partial charge in [0.25, 0.3) is 0 Å². The minimum Gasteiger partial charge on any atom is -0.459 e. The molecule has 1 saturated heterocycles. The number of hydrogen-bond acceptors (Lipinski definition) is 5. The van der Waals surface area contributed by atoms with Gasteiger partial charge in [-0.2, -0.15) is 0 Å². The summed E-state index contributed by atoms with van der Waals surface area (Å²) in [6, 6.07) is 17.1. The van der Waals surface area contributed by atoms with Gasteiger partial charge in [0.05, 0.1) is 6.42 Å². The molecule has 3 aromatic rings. The third-order valence-electron chi connectivity index (χ3n) is 4.95. The molecule has 148 valence electrons. The number of amides is 1. The highest BCUT2D eigenvalue weighted by molar-refractivity contribution is 5.95. The molecule has 1 aliphatic rings. The Hall–Kier alpha value is -3.41. The van der Waals surface area contributed by atoms with Gasteiger partial charge in [-0.25, -0.2) is 4.98 Å². The number of carbonyl (C=O) groups is 2. The van der Waals surface area contributed by atoms with E-state index in [1.807, 2.05) is 54.6 Å². The highest BCUT2D eigenvalue weighted by Crippen LogP contribution is 2.23. The van der Waals surface area contributed by atoms with Crippen LogP contribution in [0.4, 0.5) is 5.69 Å². The number of esters is 1. The summed E-state index contributed by atoms with van der Waals surface area (Å²) in [6.45, 7) is 2.63. The molecule has 0 saturated carbocycles. The zero-order chi connectivity index (χ0) is 20.2. The molecule has 4 rings (SSSR count). The third kappa shape index (κ3) is 4.37. The van der Waals surface area contributed by atoms with Crippen molar-refractivity contribution in [2.45, 2.75) is 32.8 Å². The Bertz CT molecular complexity index is 1010. The molecule has 1 aliphatic heterocycles. The van der Waals surface area contributed by atoms with Crippen LogP contribution in [0.15, 0.2) is 59.0 Å². The van der Waals surface area contributed by atoms with Crippen molar-refractivity contribution in [2.75, 3.05) is 11.4 Å². The van der Waals surface area contributed by atoms with E-state index in [1.54, 1.807) is 11.8 Å². The van der Waals surface area contributed by atoms with Gasteiger partial charge in [-0.15, -0.1) is 0 Å². The molecule has 6 nitrogen and oxygen atoms in total. The van der Waals surface area contributed by atoms with E-state index in [9.17, 15) is 9.59 Å². The Balaban J connectivity index is 1.33. The summed E-state index contributed by atoms with van der Waals surface area (Å²) < 4.78 is 11.1. The van der Waals surface area contributed by atoms with Gasteiger partial charge in [0.2, 0.25) is 11.8 Å². The first-order chi connectivity index (χ1) is 14.1. The van der Waals surface area contributed by atoms with Crippen molar-refractivity contribution in [2.24, 2.45) is 0 Å². The average molecular weight is 390 g/mol. The fourth-order valence-corrected chi connectivity index (χ4v) is 3.35. The molecule has 0 N–H and O–H groups in total. The van der Waals surface area contributed by atoms with Crippen LogP contribution >= 0.6 is 0 Å². The highest BCUT2D eigenvalue weighted by atomic mass is 16.5. The van der Waals surface area contributed by atoms with Crippen LogP contribution in [0, 0.1) is 6.92 Å². The van der Waals surface area contributed by atoms with Gasteiger partial charge < -0.3 is 14.1 Å². The molecule has 0 unspecified atom stereocenters. The standard InChI is InChI=1S/C23H22N2O4/c1-16-20(24-23(29-16)18-6-3-2-4-7-18)15-28-22(27)14-17-9-11-19(12-10-17)25-13-5-8-21(25)26/h2-4,6-7,9-12H,5,8,13-15H2,1H3. The molecule has 0 atom stereocenters. The Morgan fingerprint density at radius 1 is 1.14 bits per heavy atom. The molecular formula is C23H22N2O4. The Kier molecular flexibility index (Phi) is 5.42. The van der Waals surface area contributed by atoms with E-state index in [2.05, 4.69) is 4.98 Å². The number of aromatic nitrogens is 1. The van der Waals surface area contributed by atoms with Crippen molar-refractivity contribution in [3.8, 4) is 11.5 Å². The van der Waals surface area contributed by atoms with Gasteiger partial charge in [-0.1, -0.05) is 30.3 Å². The molecule has 6 heteroatoms. The topological polar surface area (TPSA) is 72.6 Å². The van der Waals surface area contributed by atoms with Crippen LogP contribution < -0.4 is 4.90 Å². The van der Waals surface area contributed by atoms with Crippen molar-refractivity contribution < 1.29 is 18.7 Å². The summed E-state index contributed by atoms with van der Waals surface area (Å²) in [4.78, 5) is 30.3. The lowest BCUT2D eigenvalue weighted by atomic mass is 10.1. The average Bonchev–Trinajstić information content (AvgIpc) is 3.33. The van der Waals surface area contributed by atoms with E-state index in [1.165, 1.54) is 0 Å². The van der Waals surface area contributed by atoms with Crippen LogP contribution in [0.1, 0.15) is 29.9 Å². The van der Waals surface area contributed by atoms with Crippen molar-refractivity contribution >= 4 is 17.6 Å². The number of hydrogen-bond donors (Lipinski definition) is 0. The maximum absolute atomic E-state index is 12.2. The summed E-state index contributed by atoms with van der Waals surface area (Å²) in [5, 5.41) is 0. The van der Waals surface area contributed by atoms with Gasteiger partial charge in [0, 0.05) is 24.2 Å². The summed E-state index contributed by atoms with van der Waals surface area (Å²) in [5.41, 5.74) is 3.20. The lowest BCUT2D eigenvalue weighted by Gasteiger charge is -2.15. The fourth-order valence-electron chi connectivity index (χ4n) is 3.35. The molecule has 1 aromatic heterocycles. The van der Waals surface area contributed by atoms with Crippen LogP contribution in [0.5, 0.6) is 0 Å². The number of nitrogens with zero attached hydrogens (tertiary/aromatic N) is 2. The maximum atomic E-state index is 12.2. The Labute approximate surface area is 169 Å². The molecular weight excluding hydrogens is 368 g/mol. The van der Waals surface area contributed by atoms with E-state index >= 15 is 0 Å². The summed E-state index contributed by atoms with van der Waals surface area (Å²) in [7, 11) is 0. The van der Waals surface area contributed by atoms with Crippen LogP contribution in [0.3, 0.4) is 0 Å². The largest absolute Gasteiger partial charge is 0.459 e. The minimum absolute atomic E-state index is 0.0708. The zero-order valence-electron chi connectivity index (χ0n) is 16.3. The van der Waals surface area contributed by atoms with Gasteiger partial charge in [0.1, 0.15) is 18.1 Å². The van der Waals surface area contributed by atoms with Crippen molar-refractivity contribution in [3.63, 3.8) is 0 Å². The second-order valence-electron chi connectivity index (χ2n) is 7.04. The van der Waals surface area contributed by atoms with E-state index in [4.69, 9.17) is 9.15 Å².